The summed E-state index contributed by atoms with van der Waals surface area (Å²) in [6.45, 7) is -0.255. The van der Waals surface area contributed by atoms with Gasteiger partial charge in [-0.1, -0.05) is 11.6 Å². The maximum absolute atomic E-state index is 13.0. The van der Waals surface area contributed by atoms with E-state index >= 15 is 0 Å². The van der Waals surface area contributed by atoms with E-state index in [1.807, 2.05) is 0 Å². The van der Waals surface area contributed by atoms with Gasteiger partial charge in [0, 0.05) is 19.2 Å². The number of nitrogens with zero attached hydrogens (tertiary/aromatic N) is 1. The monoisotopic (exact) mass is 335 g/mol. The van der Waals surface area contributed by atoms with Crippen LogP contribution >= 0.6 is 11.6 Å². The van der Waals surface area contributed by atoms with E-state index in [2.05, 4.69) is 0 Å². The van der Waals surface area contributed by atoms with E-state index in [-0.39, 0.29) is 40.8 Å². The first-order valence-electron chi connectivity index (χ1n) is 6.32. The van der Waals surface area contributed by atoms with Crippen molar-refractivity contribution in [1.82, 2.24) is 4.90 Å². The summed E-state index contributed by atoms with van der Waals surface area (Å²) in [7, 11) is -1.49. The predicted octanol–water partition coefficient (Wildman–Crippen LogP) is 1.50. The molecule has 1 amide bonds. The van der Waals surface area contributed by atoms with Crippen LogP contribution in [0.2, 0.25) is 5.02 Å². The fourth-order valence-electron chi connectivity index (χ4n) is 2.10. The summed E-state index contributed by atoms with van der Waals surface area (Å²) < 4.78 is 41.0. The van der Waals surface area contributed by atoms with Crippen LogP contribution in [0.1, 0.15) is 6.42 Å². The van der Waals surface area contributed by atoms with Gasteiger partial charge in [-0.15, -0.1) is 0 Å². The third-order valence-electron chi connectivity index (χ3n) is 3.40. The van der Waals surface area contributed by atoms with Gasteiger partial charge in [-0.3, -0.25) is 4.79 Å². The van der Waals surface area contributed by atoms with Crippen molar-refractivity contribution in [2.45, 2.75) is 12.5 Å². The number of amides is 1. The first kappa shape index (κ1) is 16.0. The topological polar surface area (TPSA) is 63.7 Å². The number of benzene rings is 1. The van der Waals surface area contributed by atoms with Gasteiger partial charge in [0.25, 0.3) is 5.91 Å². The fraction of sp³-hybridized carbons (Fsp3) is 0.462. The maximum Gasteiger partial charge on any atom is 0.260 e. The lowest BCUT2D eigenvalue weighted by Gasteiger charge is -2.23. The van der Waals surface area contributed by atoms with Gasteiger partial charge in [-0.05, 0) is 18.6 Å². The van der Waals surface area contributed by atoms with E-state index in [0.29, 0.717) is 6.42 Å². The van der Waals surface area contributed by atoms with Gasteiger partial charge in [0.1, 0.15) is 11.6 Å². The molecule has 1 saturated heterocycles. The molecule has 116 valence electrons. The van der Waals surface area contributed by atoms with Crippen molar-refractivity contribution in [2.75, 3.05) is 25.2 Å². The van der Waals surface area contributed by atoms with Gasteiger partial charge in [-0.2, -0.15) is 0 Å². The Balaban J connectivity index is 1.91. The van der Waals surface area contributed by atoms with Crippen LogP contribution in [0.3, 0.4) is 0 Å². The molecule has 1 unspecified atom stereocenters. The molecule has 1 atom stereocenters. The standard InChI is InChI=1S/C13H15ClFNO4S/c1-16(9-4-5-21(18,19)8-9)13(17)7-20-10-2-3-12(15)11(14)6-10/h2-3,6,9H,4-5,7-8H2,1H3. The molecule has 0 N–H and O–H groups in total. The Hall–Kier alpha value is -1.34. The van der Waals surface area contributed by atoms with Crippen molar-refractivity contribution in [3.05, 3.63) is 29.0 Å². The number of ether oxygens (including phenoxy) is 1. The average molecular weight is 336 g/mol. The van der Waals surface area contributed by atoms with Gasteiger partial charge >= 0.3 is 0 Å². The molecule has 0 radical (unpaired) electrons. The minimum absolute atomic E-state index is 0.0163. The molecule has 0 saturated carbocycles. The third-order valence-corrected chi connectivity index (χ3v) is 5.44. The SMILES string of the molecule is CN(C(=O)COc1ccc(F)c(Cl)c1)C1CCS(=O)(=O)C1. The summed E-state index contributed by atoms with van der Waals surface area (Å²) in [6, 6.07) is 3.48. The normalized spacial score (nSPS) is 20.2. The number of rotatable bonds is 4. The largest absolute Gasteiger partial charge is 0.484 e. The highest BCUT2D eigenvalue weighted by Gasteiger charge is 2.32. The van der Waals surface area contributed by atoms with Crippen molar-refractivity contribution in [3.8, 4) is 5.75 Å². The Morgan fingerprint density at radius 1 is 1.52 bits per heavy atom. The zero-order chi connectivity index (χ0) is 15.6. The van der Waals surface area contributed by atoms with E-state index in [0.717, 1.165) is 6.07 Å². The Kier molecular flexibility index (Phi) is 4.73. The molecule has 0 spiro atoms. The number of carbonyl (C=O) groups is 1. The molecular weight excluding hydrogens is 321 g/mol. The summed E-state index contributed by atoms with van der Waals surface area (Å²) >= 11 is 5.61. The second kappa shape index (κ2) is 6.19. The van der Waals surface area contributed by atoms with Crippen molar-refractivity contribution in [3.63, 3.8) is 0 Å². The summed E-state index contributed by atoms with van der Waals surface area (Å²) in [4.78, 5) is 13.3. The molecule has 0 aromatic heterocycles. The van der Waals surface area contributed by atoms with E-state index in [4.69, 9.17) is 16.3 Å². The molecule has 1 fully saturated rings. The van der Waals surface area contributed by atoms with Gasteiger partial charge < -0.3 is 9.64 Å². The van der Waals surface area contributed by atoms with Crippen LogP contribution in [0.15, 0.2) is 18.2 Å². The molecule has 1 aromatic carbocycles. The summed E-state index contributed by atoms with van der Waals surface area (Å²) in [5.41, 5.74) is 0. The van der Waals surface area contributed by atoms with Gasteiger partial charge in [0.15, 0.2) is 16.4 Å². The molecule has 5 nitrogen and oxygen atoms in total. The number of hydrogen-bond donors (Lipinski definition) is 0. The summed E-state index contributed by atoms with van der Waals surface area (Å²) in [5.74, 6) is -0.537. The van der Waals surface area contributed by atoms with E-state index in [9.17, 15) is 17.6 Å². The van der Waals surface area contributed by atoms with Crippen LogP contribution in [0.5, 0.6) is 5.75 Å². The zero-order valence-electron chi connectivity index (χ0n) is 11.4. The van der Waals surface area contributed by atoms with E-state index < -0.39 is 15.7 Å². The van der Waals surface area contributed by atoms with E-state index in [1.165, 1.54) is 17.0 Å². The molecule has 1 aliphatic heterocycles. The lowest BCUT2D eigenvalue weighted by Crippen LogP contribution is -2.40. The molecule has 0 bridgehead atoms. The molecule has 1 aromatic rings. The van der Waals surface area contributed by atoms with Crippen molar-refractivity contribution in [1.29, 1.82) is 0 Å². The number of carbonyl (C=O) groups excluding carboxylic acids is 1. The van der Waals surface area contributed by atoms with Crippen molar-refractivity contribution in [2.24, 2.45) is 0 Å². The average Bonchev–Trinajstić information content (AvgIpc) is 2.79. The first-order chi connectivity index (χ1) is 9.78. The number of likely N-dealkylation sites (N-methyl/N-ethyl adjacent to an activating group) is 1. The summed E-state index contributed by atoms with van der Waals surface area (Å²) in [5, 5.41) is -0.0878. The summed E-state index contributed by atoms with van der Waals surface area (Å²) in [6.07, 6.45) is 0.437. The Bertz CT molecular complexity index is 650. The Labute approximate surface area is 127 Å². The molecule has 2 rings (SSSR count). The Morgan fingerprint density at radius 3 is 2.81 bits per heavy atom. The second-order valence-electron chi connectivity index (χ2n) is 4.93. The smallest absolute Gasteiger partial charge is 0.260 e. The van der Waals surface area contributed by atoms with Crippen LogP contribution in [-0.2, 0) is 14.6 Å². The van der Waals surface area contributed by atoms with Crippen LogP contribution < -0.4 is 4.74 Å². The molecular formula is C13H15ClFNO4S. The van der Waals surface area contributed by atoms with E-state index in [1.54, 1.807) is 7.05 Å². The molecule has 1 heterocycles. The predicted molar refractivity (Wildman–Crippen MR) is 76.7 cm³/mol. The number of sulfone groups is 1. The minimum atomic E-state index is -3.05. The third kappa shape index (κ3) is 4.07. The maximum atomic E-state index is 13.0. The highest BCUT2D eigenvalue weighted by molar-refractivity contribution is 7.91. The van der Waals surface area contributed by atoms with Crippen LogP contribution in [0, 0.1) is 5.82 Å². The highest BCUT2D eigenvalue weighted by Crippen LogP contribution is 2.21. The fourth-order valence-corrected chi connectivity index (χ4v) is 4.04. The lowest BCUT2D eigenvalue weighted by atomic mass is 10.2. The van der Waals surface area contributed by atoms with Crippen LogP contribution in [-0.4, -0.2) is 50.4 Å². The van der Waals surface area contributed by atoms with Crippen molar-refractivity contribution < 1.29 is 22.3 Å². The highest BCUT2D eigenvalue weighted by atomic mass is 35.5. The number of hydrogen-bond acceptors (Lipinski definition) is 4. The van der Waals surface area contributed by atoms with Gasteiger partial charge in [-0.25, -0.2) is 12.8 Å². The Morgan fingerprint density at radius 2 is 2.24 bits per heavy atom. The molecule has 8 heteroatoms. The lowest BCUT2D eigenvalue weighted by molar-refractivity contribution is -0.133. The zero-order valence-corrected chi connectivity index (χ0v) is 13.0. The molecule has 21 heavy (non-hydrogen) atoms. The van der Waals surface area contributed by atoms with Crippen molar-refractivity contribution >= 4 is 27.3 Å². The van der Waals surface area contributed by atoms with Crippen LogP contribution in [0.4, 0.5) is 4.39 Å². The molecule has 1 aliphatic rings. The van der Waals surface area contributed by atoms with Gasteiger partial charge in [0.2, 0.25) is 0 Å². The quantitative estimate of drug-likeness (QED) is 0.836. The second-order valence-corrected chi connectivity index (χ2v) is 7.56. The molecule has 0 aliphatic carbocycles. The van der Waals surface area contributed by atoms with Gasteiger partial charge in [0.05, 0.1) is 16.5 Å². The van der Waals surface area contributed by atoms with Crippen LogP contribution in [0.25, 0.3) is 0 Å². The first-order valence-corrected chi connectivity index (χ1v) is 8.52. The minimum Gasteiger partial charge on any atom is -0.484 e. The number of halogens is 2.